The molecule has 5 rings (SSSR count). The van der Waals surface area contributed by atoms with E-state index in [1.54, 1.807) is 17.2 Å². The summed E-state index contributed by atoms with van der Waals surface area (Å²) in [5.74, 6) is -2.65. The molecule has 4 amide bonds. The molecule has 2 fully saturated rings. The summed E-state index contributed by atoms with van der Waals surface area (Å²) in [6, 6.07) is 15.4. The monoisotopic (exact) mass is 576 g/mol. The van der Waals surface area contributed by atoms with Gasteiger partial charge in [-0.05, 0) is 29.3 Å². The minimum absolute atomic E-state index is 0.0926. The number of rotatable bonds is 8. The average molecular weight is 577 g/mol. The topological polar surface area (TPSA) is 109 Å². The Bertz CT molecular complexity index is 1490. The Hall–Kier alpha value is -4.84. The summed E-state index contributed by atoms with van der Waals surface area (Å²) in [5.41, 5.74) is 1.25. The Morgan fingerprint density at radius 2 is 1.88 bits per heavy atom. The Labute approximate surface area is 241 Å². The molecule has 3 heterocycles. The van der Waals surface area contributed by atoms with Crippen LogP contribution in [0.2, 0.25) is 0 Å². The molecule has 12 heteroatoms. The number of aromatic hydroxyl groups is 1. The summed E-state index contributed by atoms with van der Waals surface area (Å²) in [4.78, 5) is 47.8. The summed E-state index contributed by atoms with van der Waals surface area (Å²) in [5, 5.41) is 15.5. The predicted octanol–water partition coefficient (Wildman–Crippen LogP) is 2.80. The number of pyridine rings is 1. The number of nitrogens with zero attached hydrogens (tertiary/aromatic N) is 5. The molecule has 10 nitrogen and oxygen atoms in total. The summed E-state index contributed by atoms with van der Waals surface area (Å²) in [6.07, 6.45) is 0.395. The van der Waals surface area contributed by atoms with Crippen LogP contribution in [-0.2, 0) is 29.1 Å². The van der Waals surface area contributed by atoms with Crippen molar-refractivity contribution in [3.63, 3.8) is 0 Å². The number of nitrogens with one attached hydrogen (secondary N) is 1. The highest BCUT2D eigenvalue weighted by molar-refractivity contribution is 5.91. The van der Waals surface area contributed by atoms with Gasteiger partial charge in [-0.15, -0.1) is 6.58 Å². The molecule has 0 radical (unpaired) electrons. The van der Waals surface area contributed by atoms with Crippen LogP contribution in [0.25, 0.3) is 0 Å². The van der Waals surface area contributed by atoms with E-state index < -0.39 is 41.8 Å². The molecule has 0 bridgehead atoms. The number of hydrogen-bond donors (Lipinski definition) is 2. The van der Waals surface area contributed by atoms with Gasteiger partial charge in [0, 0.05) is 25.6 Å². The van der Waals surface area contributed by atoms with E-state index in [4.69, 9.17) is 0 Å². The molecule has 2 unspecified atom stereocenters. The van der Waals surface area contributed by atoms with Gasteiger partial charge in [0.05, 0.1) is 25.3 Å². The Balaban J connectivity index is 1.51. The molecule has 42 heavy (non-hydrogen) atoms. The lowest BCUT2D eigenvalue weighted by Crippen LogP contribution is -2.76. The minimum atomic E-state index is -1.18. The van der Waals surface area contributed by atoms with Crippen LogP contribution in [-0.4, -0.2) is 79.6 Å². The van der Waals surface area contributed by atoms with Crippen molar-refractivity contribution in [3.8, 4) is 5.75 Å². The van der Waals surface area contributed by atoms with Gasteiger partial charge in [-0.2, -0.15) is 4.39 Å². The lowest BCUT2D eigenvalue weighted by Gasteiger charge is -2.55. The van der Waals surface area contributed by atoms with Crippen LogP contribution in [0.5, 0.6) is 5.75 Å². The molecule has 0 saturated carbocycles. The normalized spacial score (nSPS) is 19.0. The zero-order valence-corrected chi connectivity index (χ0v) is 22.7. The first-order valence-electron chi connectivity index (χ1n) is 13.4. The zero-order valence-electron chi connectivity index (χ0n) is 22.7. The fourth-order valence-electron chi connectivity index (χ4n) is 5.34. The zero-order chi connectivity index (χ0) is 29.8. The number of halogens is 2. The summed E-state index contributed by atoms with van der Waals surface area (Å²) in [6.45, 7) is 3.75. The van der Waals surface area contributed by atoms with Crippen molar-refractivity contribution in [2.75, 3.05) is 19.6 Å². The SMILES string of the molecule is C=CCN1CC(=O)N2C(Cc3ccc(O)cc3F)C(=O)N(Cc3cccc(F)n3)CC2N1C(=O)NCc1ccccc1. The maximum absolute atomic E-state index is 14.8. The van der Waals surface area contributed by atoms with Gasteiger partial charge in [0.2, 0.25) is 17.8 Å². The third-order valence-corrected chi connectivity index (χ3v) is 7.24. The highest BCUT2D eigenvalue weighted by atomic mass is 19.1. The largest absolute Gasteiger partial charge is 0.508 e. The highest BCUT2D eigenvalue weighted by Gasteiger charge is 2.51. The smallest absolute Gasteiger partial charge is 0.334 e. The average Bonchev–Trinajstić information content (AvgIpc) is 2.96. The first-order valence-corrected chi connectivity index (χ1v) is 13.4. The standard InChI is InChI=1S/C30H30F2N6O4/c1-2-13-36-19-28(40)37-25(14-21-11-12-23(39)15-24(21)31)29(41)35(17-22-9-6-10-26(32)34-22)18-27(37)38(36)30(42)33-16-20-7-4-3-5-8-20/h2-12,15,25,27,39H,1,13-14,16-19H2,(H,33,42). The molecule has 3 aromatic rings. The van der Waals surface area contributed by atoms with E-state index in [2.05, 4.69) is 16.9 Å². The van der Waals surface area contributed by atoms with Crippen LogP contribution in [0, 0.1) is 11.8 Å². The highest BCUT2D eigenvalue weighted by Crippen LogP contribution is 2.30. The number of hydrazine groups is 1. The molecule has 218 valence electrons. The van der Waals surface area contributed by atoms with Crippen LogP contribution in [0.3, 0.4) is 0 Å². The molecule has 2 aliphatic heterocycles. The second-order valence-electron chi connectivity index (χ2n) is 10.1. The number of piperazine rings is 1. The number of benzene rings is 2. The molecular weight excluding hydrogens is 546 g/mol. The summed E-state index contributed by atoms with van der Waals surface area (Å²) in [7, 11) is 0. The van der Waals surface area contributed by atoms with Crippen molar-refractivity contribution in [2.45, 2.75) is 31.7 Å². The maximum Gasteiger partial charge on any atom is 0.334 e. The van der Waals surface area contributed by atoms with Gasteiger partial charge in [-0.25, -0.2) is 24.2 Å². The Morgan fingerprint density at radius 1 is 1.10 bits per heavy atom. The predicted molar refractivity (Wildman–Crippen MR) is 148 cm³/mol. The van der Waals surface area contributed by atoms with E-state index in [1.165, 1.54) is 39.1 Å². The van der Waals surface area contributed by atoms with Crippen molar-refractivity contribution >= 4 is 17.8 Å². The van der Waals surface area contributed by atoms with Crippen molar-refractivity contribution in [3.05, 3.63) is 108 Å². The van der Waals surface area contributed by atoms with Gasteiger partial charge in [0.15, 0.2) is 0 Å². The van der Waals surface area contributed by atoms with E-state index in [9.17, 15) is 28.3 Å². The molecule has 0 aliphatic carbocycles. The number of phenols is 1. The van der Waals surface area contributed by atoms with Crippen molar-refractivity contribution in [1.82, 2.24) is 30.1 Å². The molecule has 0 spiro atoms. The van der Waals surface area contributed by atoms with Crippen molar-refractivity contribution < 1.29 is 28.3 Å². The van der Waals surface area contributed by atoms with E-state index >= 15 is 0 Å². The second kappa shape index (κ2) is 12.4. The Kier molecular flexibility index (Phi) is 8.43. The molecule has 2 aromatic carbocycles. The summed E-state index contributed by atoms with van der Waals surface area (Å²) < 4.78 is 28.7. The third-order valence-electron chi connectivity index (χ3n) is 7.24. The molecule has 2 saturated heterocycles. The van der Waals surface area contributed by atoms with Crippen LogP contribution in [0.4, 0.5) is 13.6 Å². The van der Waals surface area contributed by atoms with E-state index in [0.29, 0.717) is 0 Å². The van der Waals surface area contributed by atoms with Crippen LogP contribution in [0.15, 0.2) is 79.4 Å². The van der Waals surface area contributed by atoms with Crippen molar-refractivity contribution in [2.24, 2.45) is 0 Å². The maximum atomic E-state index is 14.8. The second-order valence-corrected chi connectivity index (χ2v) is 10.1. The van der Waals surface area contributed by atoms with Crippen LogP contribution in [0.1, 0.15) is 16.8 Å². The number of amides is 4. The van der Waals surface area contributed by atoms with Crippen LogP contribution < -0.4 is 5.32 Å². The van der Waals surface area contributed by atoms with E-state index in [0.717, 1.165) is 11.6 Å². The molecule has 2 atom stereocenters. The van der Waals surface area contributed by atoms with Gasteiger partial charge in [0.25, 0.3) is 0 Å². The van der Waals surface area contributed by atoms with Crippen LogP contribution >= 0.6 is 0 Å². The quantitative estimate of drug-likeness (QED) is 0.316. The number of phenolic OH excluding ortho intramolecular Hbond substituents is 1. The number of aromatic nitrogens is 1. The third kappa shape index (κ3) is 6.08. The molecular formula is C30H30F2N6O4. The van der Waals surface area contributed by atoms with Gasteiger partial charge in [0.1, 0.15) is 23.8 Å². The lowest BCUT2D eigenvalue weighted by molar-refractivity contribution is -0.189. The fraction of sp³-hybridized carbons (Fsp3) is 0.267. The lowest BCUT2D eigenvalue weighted by atomic mass is 9.98. The molecule has 1 aromatic heterocycles. The first kappa shape index (κ1) is 28.7. The van der Waals surface area contributed by atoms with Gasteiger partial charge in [-0.1, -0.05) is 48.5 Å². The number of carbonyl (C=O) groups excluding carboxylic acids is 3. The van der Waals surface area contributed by atoms with E-state index in [1.807, 2.05) is 30.3 Å². The molecule has 2 N–H and O–H groups in total. The number of fused-ring (bicyclic) bond motifs is 1. The number of urea groups is 1. The van der Waals surface area contributed by atoms with Gasteiger partial charge >= 0.3 is 6.03 Å². The summed E-state index contributed by atoms with van der Waals surface area (Å²) >= 11 is 0. The number of carbonyl (C=O) groups is 3. The fourth-order valence-corrected chi connectivity index (χ4v) is 5.34. The molecule has 2 aliphatic rings. The van der Waals surface area contributed by atoms with Crippen molar-refractivity contribution in [1.29, 1.82) is 0 Å². The number of hydrogen-bond acceptors (Lipinski definition) is 6. The minimum Gasteiger partial charge on any atom is -0.508 e. The van der Waals surface area contributed by atoms with Gasteiger partial charge in [-0.3, -0.25) is 9.59 Å². The first-order chi connectivity index (χ1) is 20.2. The Morgan fingerprint density at radius 3 is 2.60 bits per heavy atom. The van der Waals surface area contributed by atoms with Gasteiger partial charge < -0.3 is 20.2 Å². The van der Waals surface area contributed by atoms with E-state index in [-0.39, 0.29) is 56.2 Å².